The van der Waals surface area contributed by atoms with Crippen molar-refractivity contribution in [3.8, 4) is 0 Å². The predicted octanol–water partition coefficient (Wildman–Crippen LogP) is 2.12. The summed E-state index contributed by atoms with van der Waals surface area (Å²) in [6.07, 6.45) is 7.52. The fourth-order valence-electron chi connectivity index (χ4n) is 2.85. The lowest BCUT2D eigenvalue weighted by Crippen LogP contribution is -2.31. The van der Waals surface area contributed by atoms with Gasteiger partial charge in [0.2, 0.25) is 0 Å². The van der Waals surface area contributed by atoms with Crippen molar-refractivity contribution in [1.29, 1.82) is 0 Å². The molecule has 0 amide bonds. The highest BCUT2D eigenvalue weighted by Crippen LogP contribution is 2.22. The molecule has 1 unspecified atom stereocenters. The molecule has 0 saturated carbocycles. The summed E-state index contributed by atoms with van der Waals surface area (Å²) in [7, 11) is 0. The van der Waals surface area contributed by atoms with Gasteiger partial charge in [-0.1, -0.05) is 12.5 Å². The van der Waals surface area contributed by atoms with Crippen molar-refractivity contribution >= 4 is 5.82 Å². The lowest BCUT2D eigenvalue weighted by Gasteiger charge is -2.17. The third-order valence-corrected chi connectivity index (χ3v) is 3.83. The van der Waals surface area contributed by atoms with E-state index < -0.39 is 0 Å². The normalized spacial score (nSPS) is 24.1. The summed E-state index contributed by atoms with van der Waals surface area (Å²) in [5.41, 5.74) is 2.77. The zero-order valence-electron chi connectivity index (χ0n) is 10.3. The molecular weight excluding hydrogens is 210 g/mol. The average molecular weight is 231 g/mol. The Hall–Kier alpha value is -1.09. The highest BCUT2D eigenvalue weighted by Gasteiger charge is 2.15. The van der Waals surface area contributed by atoms with Gasteiger partial charge in [-0.05, 0) is 50.3 Å². The monoisotopic (exact) mass is 231 g/mol. The summed E-state index contributed by atoms with van der Waals surface area (Å²) in [4.78, 5) is 4.74. The third-order valence-electron chi connectivity index (χ3n) is 3.83. The molecule has 1 atom stereocenters. The molecule has 2 N–H and O–H groups in total. The minimum atomic E-state index is 0.546. The fourth-order valence-corrected chi connectivity index (χ4v) is 2.85. The van der Waals surface area contributed by atoms with Crippen LogP contribution in [0.4, 0.5) is 5.82 Å². The van der Waals surface area contributed by atoms with Crippen LogP contribution in [0.3, 0.4) is 0 Å². The van der Waals surface area contributed by atoms with Crippen molar-refractivity contribution in [3.63, 3.8) is 0 Å². The van der Waals surface area contributed by atoms with Crippen LogP contribution in [0.15, 0.2) is 12.1 Å². The predicted molar refractivity (Wildman–Crippen MR) is 70.4 cm³/mol. The van der Waals surface area contributed by atoms with Crippen LogP contribution in [-0.4, -0.2) is 24.1 Å². The molecule has 1 aliphatic heterocycles. The van der Waals surface area contributed by atoms with Crippen LogP contribution in [0, 0.1) is 0 Å². The van der Waals surface area contributed by atoms with E-state index in [4.69, 9.17) is 4.98 Å². The fraction of sp³-hybridized carbons (Fsp3) is 0.643. The maximum atomic E-state index is 4.74. The first-order chi connectivity index (χ1) is 8.42. The van der Waals surface area contributed by atoms with Crippen LogP contribution in [0.2, 0.25) is 0 Å². The number of aryl methyl sites for hydroxylation is 2. The molecule has 1 aromatic heterocycles. The van der Waals surface area contributed by atoms with Gasteiger partial charge in [-0.3, -0.25) is 0 Å². The molecule has 17 heavy (non-hydrogen) atoms. The molecule has 92 valence electrons. The number of aromatic nitrogens is 1. The van der Waals surface area contributed by atoms with Gasteiger partial charge < -0.3 is 10.6 Å². The van der Waals surface area contributed by atoms with Gasteiger partial charge in [-0.25, -0.2) is 4.98 Å². The second-order valence-corrected chi connectivity index (χ2v) is 5.20. The standard InChI is InChI=1S/C14H21N3/c1-2-9-15-10-12(5-1)16-14-8-7-11-4-3-6-13(11)17-14/h7-8,12,15H,1-6,9-10H2,(H,16,17). The zero-order valence-corrected chi connectivity index (χ0v) is 10.3. The van der Waals surface area contributed by atoms with Crippen LogP contribution in [0.25, 0.3) is 0 Å². The van der Waals surface area contributed by atoms with E-state index in [-0.39, 0.29) is 0 Å². The quantitative estimate of drug-likeness (QED) is 0.818. The second-order valence-electron chi connectivity index (χ2n) is 5.20. The molecule has 1 fully saturated rings. The van der Waals surface area contributed by atoms with E-state index >= 15 is 0 Å². The van der Waals surface area contributed by atoms with E-state index in [0.717, 1.165) is 25.3 Å². The molecule has 0 aromatic carbocycles. The van der Waals surface area contributed by atoms with Gasteiger partial charge >= 0.3 is 0 Å². The first kappa shape index (κ1) is 11.0. The van der Waals surface area contributed by atoms with E-state index in [1.165, 1.54) is 43.4 Å². The maximum Gasteiger partial charge on any atom is 0.126 e. The number of pyridine rings is 1. The van der Waals surface area contributed by atoms with Crippen molar-refractivity contribution < 1.29 is 0 Å². The summed E-state index contributed by atoms with van der Waals surface area (Å²) >= 11 is 0. The van der Waals surface area contributed by atoms with Crippen molar-refractivity contribution in [3.05, 3.63) is 23.4 Å². The first-order valence-electron chi connectivity index (χ1n) is 6.88. The van der Waals surface area contributed by atoms with E-state index in [0.29, 0.717) is 6.04 Å². The largest absolute Gasteiger partial charge is 0.366 e. The van der Waals surface area contributed by atoms with Gasteiger partial charge in [-0.15, -0.1) is 0 Å². The van der Waals surface area contributed by atoms with Crippen molar-refractivity contribution in [2.45, 2.75) is 44.6 Å². The summed E-state index contributed by atoms with van der Waals surface area (Å²) in [5.74, 6) is 1.07. The van der Waals surface area contributed by atoms with Gasteiger partial charge in [0, 0.05) is 18.3 Å². The van der Waals surface area contributed by atoms with E-state index in [1.54, 1.807) is 0 Å². The highest BCUT2D eigenvalue weighted by atomic mass is 15.1. The summed E-state index contributed by atoms with van der Waals surface area (Å²) in [6.45, 7) is 2.23. The summed E-state index contributed by atoms with van der Waals surface area (Å²) < 4.78 is 0. The van der Waals surface area contributed by atoms with Crippen molar-refractivity contribution in [1.82, 2.24) is 10.3 Å². The molecule has 3 nitrogen and oxygen atoms in total. The molecule has 2 aliphatic rings. The molecule has 1 saturated heterocycles. The summed E-state index contributed by atoms with van der Waals surface area (Å²) in [5, 5.41) is 7.06. The zero-order chi connectivity index (χ0) is 11.5. The minimum absolute atomic E-state index is 0.546. The van der Waals surface area contributed by atoms with E-state index in [1.807, 2.05) is 0 Å². The van der Waals surface area contributed by atoms with E-state index in [2.05, 4.69) is 22.8 Å². The van der Waals surface area contributed by atoms with Crippen LogP contribution in [0.1, 0.15) is 36.9 Å². The molecule has 0 spiro atoms. The van der Waals surface area contributed by atoms with Crippen LogP contribution < -0.4 is 10.6 Å². The number of nitrogens with one attached hydrogen (secondary N) is 2. The molecule has 3 heteroatoms. The molecule has 2 heterocycles. The lowest BCUT2D eigenvalue weighted by atomic mass is 10.1. The van der Waals surface area contributed by atoms with Crippen molar-refractivity contribution in [2.75, 3.05) is 18.4 Å². The maximum absolute atomic E-state index is 4.74. The molecule has 1 aromatic rings. The molecular formula is C14H21N3. The first-order valence-corrected chi connectivity index (χ1v) is 6.88. The number of nitrogens with zero attached hydrogens (tertiary/aromatic N) is 1. The third kappa shape index (κ3) is 2.60. The highest BCUT2D eigenvalue weighted by molar-refractivity contribution is 5.41. The molecule has 3 rings (SSSR count). The Morgan fingerprint density at radius 2 is 2.18 bits per heavy atom. The van der Waals surface area contributed by atoms with Gasteiger partial charge in [-0.2, -0.15) is 0 Å². The molecule has 0 radical (unpaired) electrons. The van der Waals surface area contributed by atoms with Crippen LogP contribution in [-0.2, 0) is 12.8 Å². The lowest BCUT2D eigenvalue weighted by molar-refractivity contribution is 0.633. The van der Waals surface area contributed by atoms with E-state index in [9.17, 15) is 0 Å². The van der Waals surface area contributed by atoms with Crippen LogP contribution in [0.5, 0.6) is 0 Å². The number of hydrogen-bond acceptors (Lipinski definition) is 3. The Morgan fingerprint density at radius 1 is 1.18 bits per heavy atom. The number of hydrogen-bond donors (Lipinski definition) is 2. The summed E-state index contributed by atoms with van der Waals surface area (Å²) in [6, 6.07) is 4.95. The van der Waals surface area contributed by atoms with Gasteiger partial charge in [0.05, 0.1) is 0 Å². The Bertz CT molecular complexity index is 381. The van der Waals surface area contributed by atoms with Gasteiger partial charge in [0.15, 0.2) is 0 Å². The number of fused-ring (bicyclic) bond motifs is 1. The average Bonchev–Trinajstić information content (AvgIpc) is 2.65. The SMILES string of the molecule is c1cc2c(nc1NC1CCCCNC1)CCC2. The van der Waals surface area contributed by atoms with Crippen LogP contribution >= 0.6 is 0 Å². The Morgan fingerprint density at radius 3 is 3.18 bits per heavy atom. The second kappa shape index (κ2) is 5.05. The Balaban J connectivity index is 1.67. The Labute approximate surface area is 103 Å². The Kier molecular flexibility index (Phi) is 3.27. The van der Waals surface area contributed by atoms with Gasteiger partial charge in [0.25, 0.3) is 0 Å². The number of anilines is 1. The van der Waals surface area contributed by atoms with Crippen molar-refractivity contribution in [2.24, 2.45) is 0 Å². The smallest absolute Gasteiger partial charge is 0.126 e. The number of rotatable bonds is 2. The van der Waals surface area contributed by atoms with Gasteiger partial charge in [0.1, 0.15) is 5.82 Å². The molecule has 1 aliphatic carbocycles. The molecule has 0 bridgehead atoms. The topological polar surface area (TPSA) is 37.0 Å². The minimum Gasteiger partial charge on any atom is -0.366 e.